The van der Waals surface area contributed by atoms with E-state index in [2.05, 4.69) is 35.1 Å². The number of rotatable bonds is 7. The van der Waals surface area contributed by atoms with Crippen LogP contribution in [-0.4, -0.2) is 24.7 Å². The molecule has 1 N–H and O–H groups in total. The highest BCUT2D eigenvalue weighted by Crippen LogP contribution is 2.23. The molecule has 6 heteroatoms. The number of halogens is 1. The molecule has 106 valence electrons. The maximum absolute atomic E-state index is 11.0. The zero-order valence-corrected chi connectivity index (χ0v) is 12.9. The van der Waals surface area contributed by atoms with Gasteiger partial charge in [-0.3, -0.25) is 10.1 Å². The van der Waals surface area contributed by atoms with Crippen LogP contribution in [0, 0.1) is 16.0 Å². The van der Waals surface area contributed by atoms with E-state index in [1.165, 1.54) is 6.07 Å². The minimum absolute atomic E-state index is 0.135. The third-order valence-electron chi connectivity index (χ3n) is 2.94. The zero-order chi connectivity index (χ0) is 14.4. The van der Waals surface area contributed by atoms with Gasteiger partial charge in [-0.1, -0.05) is 29.8 Å². The van der Waals surface area contributed by atoms with Crippen molar-refractivity contribution in [2.75, 3.05) is 13.7 Å². The van der Waals surface area contributed by atoms with Crippen molar-refractivity contribution >= 4 is 21.6 Å². The number of nitrogens with zero attached hydrogens (tertiary/aromatic N) is 1. The smallest absolute Gasteiger partial charge is 0.273 e. The Hall–Kier alpha value is -0.980. The normalized spacial score (nSPS) is 12.7. The molecule has 0 amide bonds. The second-order valence-corrected chi connectivity index (χ2v) is 5.63. The molecule has 0 heterocycles. The van der Waals surface area contributed by atoms with Gasteiger partial charge in [0.2, 0.25) is 0 Å². The summed E-state index contributed by atoms with van der Waals surface area (Å²) in [4.78, 5) is 10.6. The molecule has 1 rings (SSSR count). The summed E-state index contributed by atoms with van der Waals surface area (Å²) < 4.78 is 5.99. The lowest BCUT2D eigenvalue weighted by molar-refractivity contribution is -0.385. The first-order chi connectivity index (χ1) is 8.95. The Morgan fingerprint density at radius 1 is 1.47 bits per heavy atom. The van der Waals surface area contributed by atoms with Gasteiger partial charge in [-0.05, 0) is 18.1 Å². The average molecular weight is 331 g/mol. The van der Waals surface area contributed by atoms with Crippen LogP contribution >= 0.6 is 15.9 Å². The van der Waals surface area contributed by atoms with Crippen molar-refractivity contribution in [3.8, 4) is 0 Å². The van der Waals surface area contributed by atoms with E-state index in [1.807, 2.05) is 0 Å². The van der Waals surface area contributed by atoms with Crippen LogP contribution in [0.4, 0.5) is 5.69 Å². The molecule has 0 aliphatic rings. The molecule has 0 bridgehead atoms. The van der Waals surface area contributed by atoms with Gasteiger partial charge < -0.3 is 10.1 Å². The molecular weight excluding hydrogens is 312 g/mol. The van der Waals surface area contributed by atoms with E-state index < -0.39 is 0 Å². The molecule has 5 nitrogen and oxygen atoms in total. The second-order valence-electron chi connectivity index (χ2n) is 4.72. The lowest BCUT2D eigenvalue weighted by atomic mass is 10.0. The molecule has 1 atom stereocenters. The van der Waals surface area contributed by atoms with Crippen LogP contribution in [0.5, 0.6) is 0 Å². The Morgan fingerprint density at radius 2 is 2.16 bits per heavy atom. The lowest BCUT2D eigenvalue weighted by Crippen LogP contribution is -2.37. The monoisotopic (exact) mass is 330 g/mol. The minimum atomic E-state index is -0.357. The number of nitrogens with one attached hydrogen (secondary N) is 1. The number of ether oxygens (including phenoxy) is 1. The Morgan fingerprint density at radius 3 is 2.68 bits per heavy atom. The van der Waals surface area contributed by atoms with Crippen molar-refractivity contribution in [1.82, 2.24) is 5.32 Å². The number of nitro benzene ring substituents is 1. The second kappa shape index (κ2) is 7.57. The fraction of sp³-hybridized carbons (Fsp3) is 0.538. The third kappa shape index (κ3) is 4.89. The minimum Gasteiger partial charge on any atom is -0.383 e. The molecule has 0 aliphatic heterocycles. The van der Waals surface area contributed by atoms with Crippen LogP contribution in [0.1, 0.15) is 19.4 Å². The highest BCUT2D eigenvalue weighted by atomic mass is 79.9. The van der Waals surface area contributed by atoms with Crippen molar-refractivity contribution < 1.29 is 9.66 Å². The van der Waals surface area contributed by atoms with Crippen LogP contribution in [0.25, 0.3) is 0 Å². The summed E-state index contributed by atoms with van der Waals surface area (Å²) in [5.41, 5.74) is 0.803. The predicted molar refractivity (Wildman–Crippen MR) is 78.1 cm³/mol. The summed E-state index contributed by atoms with van der Waals surface area (Å²) in [5, 5.41) is 14.3. The van der Waals surface area contributed by atoms with Crippen LogP contribution < -0.4 is 5.32 Å². The Bertz CT molecular complexity index is 438. The fourth-order valence-corrected chi connectivity index (χ4v) is 2.19. The van der Waals surface area contributed by atoms with Crippen molar-refractivity contribution in [3.63, 3.8) is 0 Å². The topological polar surface area (TPSA) is 64.4 Å². The summed E-state index contributed by atoms with van der Waals surface area (Å²) in [6.07, 6.45) is 0. The first kappa shape index (κ1) is 16.1. The highest BCUT2D eigenvalue weighted by Gasteiger charge is 2.17. The number of methoxy groups -OCH3 is 1. The molecular formula is C13H19BrN2O3. The standard InChI is InChI=1S/C13H19BrN2O3/c1-9(2)12(8-19-3)15-7-10-6-11(14)4-5-13(10)16(17)18/h4-6,9,12,15H,7-8H2,1-3H3. The van der Waals surface area contributed by atoms with E-state index >= 15 is 0 Å². The summed E-state index contributed by atoms with van der Waals surface area (Å²) in [5.74, 6) is 0.395. The van der Waals surface area contributed by atoms with Gasteiger partial charge in [-0.25, -0.2) is 0 Å². The molecule has 0 radical (unpaired) electrons. The van der Waals surface area contributed by atoms with E-state index in [1.54, 1.807) is 19.2 Å². The van der Waals surface area contributed by atoms with Crippen molar-refractivity contribution in [3.05, 3.63) is 38.3 Å². The molecule has 1 unspecified atom stereocenters. The molecule has 19 heavy (non-hydrogen) atoms. The molecule has 0 aromatic heterocycles. The lowest BCUT2D eigenvalue weighted by Gasteiger charge is -2.21. The van der Waals surface area contributed by atoms with Gasteiger partial charge >= 0.3 is 0 Å². The van der Waals surface area contributed by atoms with E-state index in [0.717, 1.165) is 4.47 Å². The fourth-order valence-electron chi connectivity index (χ4n) is 1.78. The first-order valence-electron chi connectivity index (χ1n) is 6.10. The van der Waals surface area contributed by atoms with Gasteiger partial charge in [-0.2, -0.15) is 0 Å². The maximum Gasteiger partial charge on any atom is 0.273 e. The van der Waals surface area contributed by atoms with Crippen molar-refractivity contribution in [1.29, 1.82) is 0 Å². The molecule has 1 aromatic rings. The summed E-state index contributed by atoms with van der Waals surface area (Å²) in [6.45, 7) is 5.21. The largest absolute Gasteiger partial charge is 0.383 e. The van der Waals surface area contributed by atoms with Gasteiger partial charge in [-0.15, -0.1) is 0 Å². The zero-order valence-electron chi connectivity index (χ0n) is 11.4. The Labute approximate surface area is 121 Å². The van der Waals surface area contributed by atoms with E-state index in [4.69, 9.17) is 4.74 Å². The van der Waals surface area contributed by atoms with E-state index in [9.17, 15) is 10.1 Å². The van der Waals surface area contributed by atoms with Gasteiger partial charge in [0.05, 0.1) is 11.5 Å². The van der Waals surface area contributed by atoms with Gasteiger partial charge in [0.1, 0.15) is 0 Å². The number of nitro groups is 1. The third-order valence-corrected chi connectivity index (χ3v) is 3.44. The summed E-state index contributed by atoms with van der Waals surface area (Å²) in [6, 6.07) is 5.14. The van der Waals surface area contributed by atoms with Gasteiger partial charge in [0.15, 0.2) is 0 Å². The van der Waals surface area contributed by atoms with Crippen molar-refractivity contribution in [2.45, 2.75) is 26.4 Å². The SMILES string of the molecule is COCC(NCc1cc(Br)ccc1[N+](=O)[O-])C(C)C. The molecule has 0 spiro atoms. The predicted octanol–water partition coefficient (Wildman–Crippen LogP) is 3.12. The number of hydrogen-bond donors (Lipinski definition) is 1. The van der Waals surface area contributed by atoms with Crippen LogP contribution in [0.2, 0.25) is 0 Å². The summed E-state index contributed by atoms with van der Waals surface area (Å²) in [7, 11) is 1.65. The molecule has 0 fully saturated rings. The van der Waals surface area contributed by atoms with E-state index in [-0.39, 0.29) is 16.7 Å². The Kier molecular flexibility index (Phi) is 6.41. The maximum atomic E-state index is 11.0. The van der Waals surface area contributed by atoms with Crippen LogP contribution in [0.15, 0.2) is 22.7 Å². The van der Waals surface area contributed by atoms with Gasteiger partial charge in [0.25, 0.3) is 5.69 Å². The Balaban J connectivity index is 2.80. The quantitative estimate of drug-likeness (QED) is 0.616. The van der Waals surface area contributed by atoms with Crippen LogP contribution in [0.3, 0.4) is 0 Å². The number of benzene rings is 1. The number of hydrogen-bond acceptors (Lipinski definition) is 4. The molecule has 1 aromatic carbocycles. The average Bonchev–Trinajstić information content (AvgIpc) is 2.33. The van der Waals surface area contributed by atoms with Gasteiger partial charge in [0, 0.05) is 35.8 Å². The molecule has 0 aliphatic carbocycles. The van der Waals surface area contributed by atoms with E-state index in [0.29, 0.717) is 24.6 Å². The highest BCUT2D eigenvalue weighted by molar-refractivity contribution is 9.10. The van der Waals surface area contributed by atoms with Crippen molar-refractivity contribution in [2.24, 2.45) is 5.92 Å². The first-order valence-corrected chi connectivity index (χ1v) is 6.90. The van der Waals surface area contributed by atoms with Crippen LogP contribution in [-0.2, 0) is 11.3 Å². The molecule has 0 saturated carbocycles. The summed E-state index contributed by atoms with van der Waals surface area (Å²) >= 11 is 3.34. The molecule has 0 saturated heterocycles.